The summed E-state index contributed by atoms with van der Waals surface area (Å²) in [6.45, 7) is 8.10. The van der Waals surface area contributed by atoms with Crippen molar-refractivity contribution in [3.63, 3.8) is 0 Å². The van der Waals surface area contributed by atoms with Gasteiger partial charge in [-0.1, -0.05) is 67.6 Å². The van der Waals surface area contributed by atoms with Crippen LogP contribution in [0.2, 0.25) is 0 Å². The van der Waals surface area contributed by atoms with Crippen molar-refractivity contribution in [2.45, 2.75) is 19.8 Å². The second-order valence-corrected chi connectivity index (χ2v) is 4.89. The molecule has 2 rings (SSSR count). The van der Waals surface area contributed by atoms with Gasteiger partial charge in [-0.2, -0.15) is 0 Å². The maximum atomic E-state index is 12.4. The van der Waals surface area contributed by atoms with Crippen LogP contribution in [-0.4, -0.2) is 5.78 Å². The van der Waals surface area contributed by atoms with Crippen LogP contribution < -0.4 is 0 Å². The molecule has 19 heavy (non-hydrogen) atoms. The topological polar surface area (TPSA) is 17.1 Å². The van der Waals surface area contributed by atoms with Gasteiger partial charge in [0.2, 0.25) is 0 Å². The minimum atomic E-state index is 0.0661. The maximum absolute atomic E-state index is 12.4. The zero-order valence-electron chi connectivity index (χ0n) is 11.4. The first-order chi connectivity index (χ1) is 9.09. The largest absolute Gasteiger partial charge is 0.289 e. The van der Waals surface area contributed by atoms with Crippen LogP contribution in [0.3, 0.4) is 0 Å². The molecule has 2 aromatic carbocycles. The monoisotopic (exact) mass is 250 g/mol. The van der Waals surface area contributed by atoms with Gasteiger partial charge in [-0.05, 0) is 18.6 Å². The molecular weight excluding hydrogens is 232 g/mol. The molecule has 0 heterocycles. The van der Waals surface area contributed by atoms with Gasteiger partial charge >= 0.3 is 0 Å². The summed E-state index contributed by atoms with van der Waals surface area (Å²) in [6.07, 6.45) is 0. The quantitative estimate of drug-likeness (QED) is 0.572. The number of ketones is 1. The molecule has 0 spiro atoms. The first kappa shape index (κ1) is 13.3. The Hall–Kier alpha value is -2.15. The molecule has 2 aromatic rings. The average molecular weight is 250 g/mol. The highest BCUT2D eigenvalue weighted by Gasteiger charge is 2.11. The zero-order chi connectivity index (χ0) is 13.8. The molecule has 0 saturated heterocycles. The van der Waals surface area contributed by atoms with Crippen molar-refractivity contribution in [1.29, 1.82) is 0 Å². The van der Waals surface area contributed by atoms with Crippen LogP contribution in [0, 0.1) is 0 Å². The van der Waals surface area contributed by atoms with E-state index < -0.39 is 0 Å². The van der Waals surface area contributed by atoms with E-state index in [0.717, 1.165) is 22.3 Å². The molecule has 1 atom stereocenters. The Balaban J connectivity index is 2.34. The smallest absolute Gasteiger partial charge is 0.193 e. The van der Waals surface area contributed by atoms with E-state index in [9.17, 15) is 4.79 Å². The zero-order valence-corrected chi connectivity index (χ0v) is 11.4. The van der Waals surface area contributed by atoms with Gasteiger partial charge in [0.1, 0.15) is 0 Å². The van der Waals surface area contributed by atoms with Crippen molar-refractivity contribution in [2.75, 3.05) is 0 Å². The summed E-state index contributed by atoms with van der Waals surface area (Å²) >= 11 is 0. The first-order valence-corrected chi connectivity index (χ1v) is 6.44. The van der Waals surface area contributed by atoms with E-state index in [1.165, 1.54) is 0 Å². The van der Waals surface area contributed by atoms with Crippen LogP contribution in [0.5, 0.6) is 0 Å². The molecule has 0 aliphatic heterocycles. The van der Waals surface area contributed by atoms with E-state index in [1.54, 1.807) is 0 Å². The molecule has 1 unspecified atom stereocenters. The third-order valence-corrected chi connectivity index (χ3v) is 3.42. The average Bonchev–Trinajstić information content (AvgIpc) is 2.46. The van der Waals surface area contributed by atoms with Gasteiger partial charge in [0.25, 0.3) is 0 Å². The van der Waals surface area contributed by atoms with Crippen LogP contribution in [0.4, 0.5) is 0 Å². The van der Waals surface area contributed by atoms with Gasteiger partial charge in [0.05, 0.1) is 0 Å². The standard InChI is InChI=1S/C18H18O/c1-13(2)14(3)16-10-7-11-17(12-16)18(19)15-8-5-4-6-9-15/h4-12,14H,1H2,2-3H3. The van der Waals surface area contributed by atoms with Crippen molar-refractivity contribution >= 4 is 5.78 Å². The second-order valence-electron chi connectivity index (χ2n) is 4.89. The van der Waals surface area contributed by atoms with Gasteiger partial charge in [0, 0.05) is 17.0 Å². The second kappa shape index (κ2) is 5.66. The summed E-state index contributed by atoms with van der Waals surface area (Å²) in [6, 6.07) is 17.2. The summed E-state index contributed by atoms with van der Waals surface area (Å²) < 4.78 is 0. The molecule has 0 aliphatic carbocycles. The SMILES string of the molecule is C=C(C)C(C)c1cccc(C(=O)c2ccccc2)c1. The Morgan fingerprint density at radius 2 is 1.63 bits per heavy atom. The minimum absolute atomic E-state index is 0.0661. The van der Waals surface area contributed by atoms with Crippen LogP contribution in [0.25, 0.3) is 0 Å². The Kier molecular flexibility index (Phi) is 3.96. The van der Waals surface area contributed by atoms with Crippen LogP contribution in [0.15, 0.2) is 66.7 Å². The van der Waals surface area contributed by atoms with E-state index in [1.807, 2.05) is 61.5 Å². The lowest BCUT2D eigenvalue weighted by Crippen LogP contribution is -2.03. The minimum Gasteiger partial charge on any atom is -0.289 e. The third kappa shape index (κ3) is 3.00. The number of hydrogen-bond donors (Lipinski definition) is 0. The molecule has 0 N–H and O–H groups in total. The molecule has 1 nitrogen and oxygen atoms in total. The molecule has 0 saturated carbocycles. The van der Waals surface area contributed by atoms with Crippen molar-refractivity contribution in [3.8, 4) is 0 Å². The van der Waals surface area contributed by atoms with Crippen molar-refractivity contribution in [2.24, 2.45) is 0 Å². The fourth-order valence-corrected chi connectivity index (χ4v) is 1.99. The Labute approximate surface area is 114 Å². The van der Waals surface area contributed by atoms with E-state index in [2.05, 4.69) is 13.5 Å². The third-order valence-electron chi connectivity index (χ3n) is 3.42. The van der Waals surface area contributed by atoms with Gasteiger partial charge in [-0.3, -0.25) is 4.79 Å². The normalized spacial score (nSPS) is 11.9. The van der Waals surface area contributed by atoms with E-state index >= 15 is 0 Å². The Morgan fingerprint density at radius 1 is 1.00 bits per heavy atom. The molecular formula is C18H18O. The van der Waals surface area contributed by atoms with Crippen molar-refractivity contribution < 1.29 is 4.79 Å². The number of hydrogen-bond acceptors (Lipinski definition) is 1. The summed E-state index contributed by atoms with van der Waals surface area (Å²) in [5, 5.41) is 0. The highest BCUT2D eigenvalue weighted by atomic mass is 16.1. The Morgan fingerprint density at radius 3 is 2.26 bits per heavy atom. The lowest BCUT2D eigenvalue weighted by Gasteiger charge is -2.12. The molecule has 0 bridgehead atoms. The summed E-state index contributed by atoms with van der Waals surface area (Å²) in [5.74, 6) is 0.333. The van der Waals surface area contributed by atoms with Crippen molar-refractivity contribution in [3.05, 3.63) is 83.4 Å². The fourth-order valence-electron chi connectivity index (χ4n) is 1.99. The number of allylic oxidation sites excluding steroid dienone is 1. The first-order valence-electron chi connectivity index (χ1n) is 6.44. The number of benzene rings is 2. The van der Waals surface area contributed by atoms with Gasteiger partial charge in [0.15, 0.2) is 5.78 Å². The highest BCUT2D eigenvalue weighted by Crippen LogP contribution is 2.23. The lowest BCUT2D eigenvalue weighted by atomic mass is 9.92. The molecule has 1 heteroatoms. The predicted molar refractivity (Wildman–Crippen MR) is 79.5 cm³/mol. The molecule has 0 fully saturated rings. The van der Waals surface area contributed by atoms with Crippen molar-refractivity contribution in [1.82, 2.24) is 0 Å². The summed E-state index contributed by atoms with van der Waals surface area (Å²) in [4.78, 5) is 12.4. The molecule has 0 amide bonds. The van der Waals surface area contributed by atoms with Crippen LogP contribution in [-0.2, 0) is 0 Å². The number of carbonyl (C=O) groups is 1. The fraction of sp³-hybridized carbons (Fsp3) is 0.167. The summed E-state index contributed by atoms with van der Waals surface area (Å²) in [5.41, 5.74) is 3.69. The van der Waals surface area contributed by atoms with Gasteiger partial charge in [-0.15, -0.1) is 0 Å². The summed E-state index contributed by atoms with van der Waals surface area (Å²) in [7, 11) is 0. The van der Waals surface area contributed by atoms with Gasteiger partial charge in [-0.25, -0.2) is 0 Å². The van der Waals surface area contributed by atoms with Crippen LogP contribution >= 0.6 is 0 Å². The molecule has 0 aliphatic rings. The number of carbonyl (C=O) groups excluding carboxylic acids is 1. The molecule has 0 radical (unpaired) electrons. The predicted octanol–water partition coefficient (Wildman–Crippen LogP) is 4.60. The van der Waals surface area contributed by atoms with Crippen LogP contribution in [0.1, 0.15) is 41.3 Å². The van der Waals surface area contributed by atoms with Gasteiger partial charge < -0.3 is 0 Å². The number of rotatable bonds is 4. The van der Waals surface area contributed by atoms with E-state index in [0.29, 0.717) is 0 Å². The van der Waals surface area contributed by atoms with E-state index in [-0.39, 0.29) is 11.7 Å². The molecule has 0 aromatic heterocycles. The van der Waals surface area contributed by atoms with E-state index in [4.69, 9.17) is 0 Å². The highest BCUT2D eigenvalue weighted by molar-refractivity contribution is 6.09. The lowest BCUT2D eigenvalue weighted by molar-refractivity contribution is 0.103. The molecule has 96 valence electrons. The maximum Gasteiger partial charge on any atom is 0.193 e. The Bertz CT molecular complexity index is 596.